The predicted molar refractivity (Wildman–Crippen MR) is 108 cm³/mol. The Kier molecular flexibility index (Phi) is 5.84. The van der Waals surface area contributed by atoms with Crippen LogP contribution in [0.1, 0.15) is 15.9 Å². The van der Waals surface area contributed by atoms with Gasteiger partial charge in [0.2, 0.25) is 5.91 Å². The molecule has 0 aliphatic rings. The summed E-state index contributed by atoms with van der Waals surface area (Å²) in [5.74, 6) is -0.737. The second-order valence-corrected chi connectivity index (χ2v) is 8.06. The third-order valence-corrected chi connectivity index (χ3v) is 6.09. The van der Waals surface area contributed by atoms with Crippen LogP contribution in [0.25, 0.3) is 0 Å². The van der Waals surface area contributed by atoms with Gasteiger partial charge in [-0.1, -0.05) is 24.3 Å². The normalized spacial score (nSPS) is 11.1. The first-order chi connectivity index (χ1) is 13.8. The zero-order valence-electron chi connectivity index (χ0n) is 15.6. The second kappa shape index (κ2) is 8.32. The fourth-order valence-electron chi connectivity index (χ4n) is 2.81. The van der Waals surface area contributed by atoms with Gasteiger partial charge in [-0.05, 0) is 54.1 Å². The van der Waals surface area contributed by atoms with E-state index in [4.69, 9.17) is 10.5 Å². The number of nitrogens with two attached hydrogens (primary N) is 1. The van der Waals surface area contributed by atoms with E-state index in [1.807, 2.05) is 0 Å². The number of hydrogen-bond acceptors (Lipinski definition) is 4. The molecule has 0 aromatic heterocycles. The van der Waals surface area contributed by atoms with Crippen LogP contribution in [0, 0.1) is 5.82 Å². The first kappa shape index (κ1) is 20.3. The number of anilines is 1. The lowest BCUT2D eigenvalue weighted by Gasteiger charge is -2.26. The molecule has 0 unspecified atom stereocenters. The number of ether oxygens (including phenoxy) is 1. The molecule has 3 aromatic carbocycles. The molecule has 0 saturated heterocycles. The SMILES string of the molecule is COc1ccccc1N(Cc1ccc(C(N)=O)cc1)S(=O)(=O)c1ccc(F)cc1. The maximum Gasteiger partial charge on any atom is 0.264 e. The Morgan fingerprint density at radius 3 is 2.21 bits per heavy atom. The lowest BCUT2D eigenvalue weighted by molar-refractivity contribution is 0.1000. The highest BCUT2D eigenvalue weighted by molar-refractivity contribution is 7.92. The minimum absolute atomic E-state index is 0.0286. The molecule has 0 radical (unpaired) electrons. The van der Waals surface area contributed by atoms with Gasteiger partial charge in [-0.15, -0.1) is 0 Å². The number of halogens is 1. The molecule has 1 amide bonds. The summed E-state index contributed by atoms with van der Waals surface area (Å²) in [5, 5.41) is 0. The molecule has 0 aliphatic heterocycles. The summed E-state index contributed by atoms with van der Waals surface area (Å²) >= 11 is 0. The molecular formula is C21H19FN2O4S. The molecule has 29 heavy (non-hydrogen) atoms. The number of carbonyl (C=O) groups is 1. The fourth-order valence-corrected chi connectivity index (χ4v) is 4.27. The van der Waals surface area contributed by atoms with Crippen LogP contribution in [0.2, 0.25) is 0 Å². The van der Waals surface area contributed by atoms with Crippen molar-refractivity contribution in [2.75, 3.05) is 11.4 Å². The van der Waals surface area contributed by atoms with Crippen LogP contribution < -0.4 is 14.8 Å². The van der Waals surface area contributed by atoms with Crippen molar-refractivity contribution in [2.45, 2.75) is 11.4 Å². The molecule has 0 heterocycles. The van der Waals surface area contributed by atoms with Gasteiger partial charge in [0.25, 0.3) is 10.0 Å². The number of methoxy groups -OCH3 is 1. The molecule has 0 atom stereocenters. The molecule has 3 aromatic rings. The number of sulfonamides is 1. The van der Waals surface area contributed by atoms with Crippen molar-refractivity contribution >= 4 is 21.6 Å². The zero-order chi connectivity index (χ0) is 21.0. The zero-order valence-corrected chi connectivity index (χ0v) is 16.4. The van der Waals surface area contributed by atoms with Crippen molar-refractivity contribution in [3.05, 3.63) is 89.7 Å². The Morgan fingerprint density at radius 2 is 1.62 bits per heavy atom. The van der Waals surface area contributed by atoms with E-state index in [-0.39, 0.29) is 11.4 Å². The molecule has 8 heteroatoms. The van der Waals surface area contributed by atoms with Gasteiger partial charge in [-0.2, -0.15) is 0 Å². The van der Waals surface area contributed by atoms with Crippen molar-refractivity contribution in [2.24, 2.45) is 5.73 Å². The molecule has 150 valence electrons. The van der Waals surface area contributed by atoms with Gasteiger partial charge >= 0.3 is 0 Å². The van der Waals surface area contributed by atoms with Gasteiger partial charge in [0.15, 0.2) is 0 Å². The predicted octanol–water partition coefficient (Wildman–Crippen LogP) is 3.33. The summed E-state index contributed by atoms with van der Waals surface area (Å²) in [7, 11) is -2.59. The third-order valence-electron chi connectivity index (χ3n) is 4.32. The Balaban J connectivity index is 2.09. The number of rotatable bonds is 7. The minimum atomic E-state index is -4.03. The van der Waals surface area contributed by atoms with Crippen LogP contribution in [0.3, 0.4) is 0 Å². The summed E-state index contributed by atoms with van der Waals surface area (Å²) < 4.78 is 46.5. The Bertz CT molecular complexity index is 1110. The van der Waals surface area contributed by atoms with Gasteiger partial charge in [0.1, 0.15) is 11.6 Å². The summed E-state index contributed by atoms with van der Waals surface area (Å²) in [5.41, 5.74) is 6.54. The fraction of sp³-hybridized carbons (Fsp3) is 0.0952. The van der Waals surface area contributed by atoms with Crippen molar-refractivity contribution < 1.29 is 22.3 Å². The molecule has 0 fully saturated rings. The van der Waals surface area contributed by atoms with Crippen LogP contribution >= 0.6 is 0 Å². The average Bonchev–Trinajstić information content (AvgIpc) is 2.72. The quantitative estimate of drug-likeness (QED) is 0.642. The van der Waals surface area contributed by atoms with Gasteiger partial charge in [0, 0.05) is 5.56 Å². The van der Waals surface area contributed by atoms with Crippen molar-refractivity contribution in [3.63, 3.8) is 0 Å². The summed E-state index contributed by atoms with van der Waals surface area (Å²) in [6.45, 7) is -0.0286. The number of para-hydroxylation sites is 2. The lowest BCUT2D eigenvalue weighted by Crippen LogP contribution is -2.31. The van der Waals surface area contributed by atoms with E-state index in [2.05, 4.69) is 0 Å². The largest absolute Gasteiger partial charge is 0.495 e. The van der Waals surface area contributed by atoms with Crippen molar-refractivity contribution in [3.8, 4) is 5.75 Å². The molecule has 6 nitrogen and oxygen atoms in total. The Morgan fingerprint density at radius 1 is 1.00 bits per heavy atom. The van der Waals surface area contributed by atoms with Crippen molar-refractivity contribution in [1.29, 1.82) is 0 Å². The minimum Gasteiger partial charge on any atom is -0.495 e. The first-order valence-corrected chi connectivity index (χ1v) is 10.1. The van der Waals surface area contributed by atoms with E-state index < -0.39 is 21.7 Å². The van der Waals surface area contributed by atoms with Crippen molar-refractivity contribution in [1.82, 2.24) is 0 Å². The third kappa shape index (κ3) is 4.38. The van der Waals surface area contributed by atoms with E-state index in [9.17, 15) is 17.6 Å². The molecule has 0 saturated carbocycles. The highest BCUT2D eigenvalue weighted by atomic mass is 32.2. The molecular weight excluding hydrogens is 395 g/mol. The topological polar surface area (TPSA) is 89.7 Å². The van der Waals surface area contributed by atoms with Crippen LogP contribution in [0.4, 0.5) is 10.1 Å². The van der Waals surface area contributed by atoms with Gasteiger partial charge < -0.3 is 10.5 Å². The molecule has 3 rings (SSSR count). The summed E-state index contributed by atoms with van der Waals surface area (Å²) in [6.07, 6.45) is 0. The van der Waals surface area contributed by atoms with Crippen LogP contribution in [0.5, 0.6) is 5.75 Å². The van der Waals surface area contributed by atoms with Gasteiger partial charge in [0.05, 0.1) is 24.2 Å². The van der Waals surface area contributed by atoms with E-state index in [0.29, 0.717) is 22.6 Å². The standard InChI is InChI=1S/C21H19FN2O4S/c1-28-20-5-3-2-4-19(20)24(14-15-6-8-16(9-7-15)21(23)25)29(26,27)18-12-10-17(22)11-13-18/h2-13H,14H2,1H3,(H2,23,25). The lowest BCUT2D eigenvalue weighted by atomic mass is 10.1. The van der Waals surface area contributed by atoms with Crippen LogP contribution in [-0.4, -0.2) is 21.4 Å². The number of hydrogen-bond donors (Lipinski definition) is 1. The monoisotopic (exact) mass is 414 g/mol. The Labute approximate surface area is 168 Å². The van der Waals surface area contributed by atoms with Crippen LogP contribution in [-0.2, 0) is 16.6 Å². The smallest absolute Gasteiger partial charge is 0.264 e. The van der Waals surface area contributed by atoms with E-state index in [1.165, 1.54) is 35.7 Å². The summed E-state index contributed by atoms with van der Waals surface area (Å²) in [4.78, 5) is 11.2. The molecule has 2 N–H and O–H groups in total. The van der Waals surface area contributed by atoms with Gasteiger partial charge in [-0.3, -0.25) is 9.10 Å². The van der Waals surface area contributed by atoms with E-state index >= 15 is 0 Å². The average molecular weight is 414 g/mol. The Hall–Kier alpha value is -3.39. The number of benzene rings is 3. The number of nitrogens with zero attached hydrogens (tertiary/aromatic N) is 1. The first-order valence-electron chi connectivity index (χ1n) is 8.63. The molecule has 0 spiro atoms. The molecule has 0 bridgehead atoms. The van der Waals surface area contributed by atoms with Crippen LogP contribution in [0.15, 0.2) is 77.7 Å². The highest BCUT2D eigenvalue weighted by Gasteiger charge is 2.27. The van der Waals surface area contributed by atoms with Gasteiger partial charge in [-0.25, -0.2) is 12.8 Å². The molecule has 0 aliphatic carbocycles. The van der Waals surface area contributed by atoms with E-state index in [1.54, 1.807) is 36.4 Å². The summed E-state index contributed by atoms with van der Waals surface area (Å²) in [6, 6.07) is 17.6. The van der Waals surface area contributed by atoms with E-state index in [0.717, 1.165) is 12.1 Å². The number of amides is 1. The maximum absolute atomic E-state index is 13.4. The number of primary amides is 1. The number of carbonyl (C=O) groups excluding carboxylic acids is 1. The second-order valence-electron chi connectivity index (χ2n) is 6.20. The maximum atomic E-state index is 13.4. The highest BCUT2D eigenvalue weighted by Crippen LogP contribution is 2.33.